The maximum atomic E-state index is 12.1. The second kappa shape index (κ2) is 6.09. The Kier molecular flexibility index (Phi) is 4.44. The van der Waals surface area contributed by atoms with Crippen molar-refractivity contribution in [3.8, 4) is 0 Å². The molecule has 1 aliphatic rings. The molecule has 2 amide bonds. The predicted octanol–water partition coefficient (Wildman–Crippen LogP) is 2.64. The van der Waals surface area contributed by atoms with Gasteiger partial charge in [-0.15, -0.1) is 0 Å². The molecule has 0 bridgehead atoms. The lowest BCUT2D eigenvalue weighted by atomic mass is 9.96. The van der Waals surface area contributed by atoms with Gasteiger partial charge < -0.3 is 15.4 Å². The van der Waals surface area contributed by atoms with Crippen LogP contribution in [-0.2, 0) is 9.53 Å². The molecule has 0 radical (unpaired) electrons. The maximum absolute atomic E-state index is 12.1. The number of ether oxygens (including phenoxy) is 1. The smallest absolute Gasteiger partial charge is 0.338 e. The zero-order valence-corrected chi connectivity index (χ0v) is 12.8. The van der Waals surface area contributed by atoms with Crippen molar-refractivity contribution in [1.29, 1.82) is 0 Å². The minimum atomic E-state index is -0.529. The molecule has 0 fully saturated rings. The van der Waals surface area contributed by atoms with Crippen molar-refractivity contribution in [3.05, 3.63) is 45.6 Å². The molecule has 2 rings (SSSR count). The van der Waals surface area contributed by atoms with E-state index in [4.69, 9.17) is 4.74 Å². The normalized spacial score (nSPS) is 18.4. The third-order valence-corrected chi connectivity index (χ3v) is 3.70. The number of esters is 1. The molecule has 0 saturated carbocycles. The number of nitrogens with one attached hydrogen (secondary N) is 2. The van der Waals surface area contributed by atoms with Crippen LogP contribution in [-0.4, -0.2) is 18.6 Å². The summed E-state index contributed by atoms with van der Waals surface area (Å²) in [4.78, 5) is 23.8. The predicted molar refractivity (Wildman–Crippen MR) is 77.9 cm³/mol. The van der Waals surface area contributed by atoms with E-state index in [1.165, 1.54) is 0 Å². The molecule has 0 aromatic heterocycles. The number of halogens is 1. The lowest BCUT2D eigenvalue weighted by Crippen LogP contribution is -2.45. The Morgan fingerprint density at radius 2 is 2.10 bits per heavy atom. The summed E-state index contributed by atoms with van der Waals surface area (Å²) < 4.78 is 5.90. The molecule has 1 atom stereocenters. The first kappa shape index (κ1) is 14.6. The summed E-state index contributed by atoms with van der Waals surface area (Å²) >= 11 is 3.44. The topological polar surface area (TPSA) is 67.4 Å². The first-order valence-electron chi connectivity index (χ1n) is 6.24. The highest BCUT2D eigenvalue weighted by atomic mass is 79.9. The molecule has 1 heterocycles. The zero-order chi connectivity index (χ0) is 14.7. The molecular formula is C14H15BrN2O3. The Hall–Kier alpha value is -1.82. The monoisotopic (exact) mass is 338 g/mol. The average Bonchev–Trinajstić information content (AvgIpc) is 2.38. The number of rotatable bonds is 3. The minimum Gasteiger partial charge on any atom is -0.463 e. The van der Waals surface area contributed by atoms with Crippen LogP contribution >= 0.6 is 15.9 Å². The second-order valence-electron chi connectivity index (χ2n) is 4.31. The molecule has 1 aromatic rings. The van der Waals surface area contributed by atoms with Gasteiger partial charge in [0.1, 0.15) is 0 Å². The summed E-state index contributed by atoms with van der Waals surface area (Å²) in [7, 11) is 0. The molecule has 5 nitrogen and oxygen atoms in total. The number of allylic oxidation sites excluding steroid dienone is 1. The van der Waals surface area contributed by atoms with E-state index in [0.29, 0.717) is 11.3 Å². The van der Waals surface area contributed by atoms with E-state index >= 15 is 0 Å². The SMILES string of the molecule is CCOC(=O)C1=C(C)NC(=O)NC1c1ccccc1Br. The fraction of sp³-hybridized carbons (Fsp3) is 0.286. The van der Waals surface area contributed by atoms with Crippen LogP contribution in [0.5, 0.6) is 0 Å². The second-order valence-corrected chi connectivity index (χ2v) is 5.17. The van der Waals surface area contributed by atoms with Crippen molar-refractivity contribution in [1.82, 2.24) is 10.6 Å². The molecule has 20 heavy (non-hydrogen) atoms. The quantitative estimate of drug-likeness (QED) is 0.832. The first-order valence-corrected chi connectivity index (χ1v) is 7.03. The highest BCUT2D eigenvalue weighted by Gasteiger charge is 2.32. The molecule has 1 aliphatic heterocycles. The maximum Gasteiger partial charge on any atom is 0.338 e. The van der Waals surface area contributed by atoms with Crippen molar-refractivity contribution in [2.45, 2.75) is 19.9 Å². The molecule has 0 aliphatic carbocycles. The standard InChI is InChI=1S/C14H15BrN2O3/c1-3-20-13(18)11-8(2)16-14(19)17-12(11)9-6-4-5-7-10(9)15/h4-7,12H,3H2,1-2H3,(H2,16,17,19). The highest BCUT2D eigenvalue weighted by Crippen LogP contribution is 2.32. The summed E-state index contributed by atoms with van der Waals surface area (Å²) in [6, 6.07) is 6.58. The molecule has 0 saturated heterocycles. The van der Waals surface area contributed by atoms with Crippen molar-refractivity contribution in [2.75, 3.05) is 6.61 Å². The van der Waals surface area contributed by atoms with Gasteiger partial charge in [0.15, 0.2) is 0 Å². The van der Waals surface area contributed by atoms with Crippen LogP contribution in [0.25, 0.3) is 0 Å². The Balaban J connectivity index is 2.48. The van der Waals surface area contributed by atoms with Crippen LogP contribution < -0.4 is 10.6 Å². The van der Waals surface area contributed by atoms with Crippen LogP contribution in [0.2, 0.25) is 0 Å². The van der Waals surface area contributed by atoms with Crippen LogP contribution in [0.4, 0.5) is 4.79 Å². The third-order valence-electron chi connectivity index (χ3n) is 2.98. The Morgan fingerprint density at radius 1 is 1.40 bits per heavy atom. The summed E-state index contributed by atoms with van der Waals surface area (Å²) in [5.41, 5.74) is 1.73. The summed E-state index contributed by atoms with van der Waals surface area (Å²) in [5.74, 6) is -0.432. The van der Waals surface area contributed by atoms with Crippen molar-refractivity contribution in [2.24, 2.45) is 0 Å². The summed E-state index contributed by atoms with van der Waals surface area (Å²) in [6.07, 6.45) is 0. The van der Waals surface area contributed by atoms with Gasteiger partial charge in [0.05, 0.1) is 18.2 Å². The van der Waals surface area contributed by atoms with E-state index in [2.05, 4.69) is 26.6 Å². The molecule has 1 aromatic carbocycles. The lowest BCUT2D eigenvalue weighted by Gasteiger charge is -2.28. The molecule has 2 N–H and O–H groups in total. The first-order chi connectivity index (χ1) is 9.54. The molecule has 106 valence electrons. The number of amides is 2. The van der Waals surface area contributed by atoms with E-state index in [1.807, 2.05) is 24.3 Å². The van der Waals surface area contributed by atoms with E-state index in [0.717, 1.165) is 10.0 Å². The van der Waals surface area contributed by atoms with Gasteiger partial charge in [-0.25, -0.2) is 9.59 Å². The number of benzene rings is 1. The highest BCUT2D eigenvalue weighted by molar-refractivity contribution is 9.10. The van der Waals surface area contributed by atoms with Gasteiger partial charge in [-0.3, -0.25) is 0 Å². The van der Waals surface area contributed by atoms with Gasteiger partial charge in [-0.2, -0.15) is 0 Å². The Morgan fingerprint density at radius 3 is 2.75 bits per heavy atom. The number of urea groups is 1. The third kappa shape index (κ3) is 2.85. The van der Waals surface area contributed by atoms with Crippen LogP contribution in [0.3, 0.4) is 0 Å². The number of carbonyl (C=O) groups is 2. The van der Waals surface area contributed by atoms with Crippen LogP contribution in [0.15, 0.2) is 40.0 Å². The minimum absolute atomic E-state index is 0.284. The average molecular weight is 339 g/mol. The van der Waals surface area contributed by atoms with Crippen LogP contribution in [0, 0.1) is 0 Å². The number of hydrogen-bond donors (Lipinski definition) is 2. The van der Waals surface area contributed by atoms with E-state index in [-0.39, 0.29) is 12.6 Å². The van der Waals surface area contributed by atoms with Gasteiger partial charge >= 0.3 is 12.0 Å². The van der Waals surface area contributed by atoms with Gasteiger partial charge in [-0.05, 0) is 25.5 Å². The Labute approximate surface area is 125 Å². The Bertz CT molecular complexity index is 584. The van der Waals surface area contributed by atoms with E-state index in [9.17, 15) is 9.59 Å². The number of hydrogen-bond acceptors (Lipinski definition) is 3. The van der Waals surface area contributed by atoms with E-state index < -0.39 is 12.0 Å². The molecule has 1 unspecified atom stereocenters. The number of carbonyl (C=O) groups excluding carboxylic acids is 2. The van der Waals surface area contributed by atoms with Gasteiger partial charge in [0.2, 0.25) is 0 Å². The van der Waals surface area contributed by atoms with Gasteiger partial charge in [0.25, 0.3) is 0 Å². The summed E-state index contributed by atoms with van der Waals surface area (Å²) in [5, 5.41) is 5.36. The fourth-order valence-corrected chi connectivity index (χ4v) is 2.63. The van der Waals surface area contributed by atoms with Crippen molar-refractivity contribution >= 4 is 27.9 Å². The molecule has 6 heteroatoms. The van der Waals surface area contributed by atoms with Gasteiger partial charge in [0, 0.05) is 10.2 Å². The van der Waals surface area contributed by atoms with Crippen LogP contribution in [0.1, 0.15) is 25.5 Å². The van der Waals surface area contributed by atoms with E-state index in [1.54, 1.807) is 13.8 Å². The summed E-state index contributed by atoms with van der Waals surface area (Å²) in [6.45, 7) is 3.72. The fourth-order valence-electron chi connectivity index (χ4n) is 2.12. The van der Waals surface area contributed by atoms with Crippen molar-refractivity contribution < 1.29 is 14.3 Å². The molecule has 0 spiro atoms. The zero-order valence-electron chi connectivity index (χ0n) is 11.2. The van der Waals surface area contributed by atoms with Crippen molar-refractivity contribution in [3.63, 3.8) is 0 Å². The molecular weight excluding hydrogens is 324 g/mol. The lowest BCUT2D eigenvalue weighted by molar-refractivity contribution is -0.139. The van der Waals surface area contributed by atoms with Gasteiger partial charge in [-0.1, -0.05) is 34.1 Å². The largest absolute Gasteiger partial charge is 0.463 e.